The summed E-state index contributed by atoms with van der Waals surface area (Å²) >= 11 is 0. The second-order valence-electron chi connectivity index (χ2n) is 5.54. The van der Waals surface area contributed by atoms with Gasteiger partial charge in [0.05, 0.1) is 22.5 Å². The highest BCUT2D eigenvalue weighted by atomic mass is 19.1. The van der Waals surface area contributed by atoms with Crippen molar-refractivity contribution >= 4 is 28.1 Å². The zero-order valence-electron chi connectivity index (χ0n) is 12.5. The van der Waals surface area contributed by atoms with Crippen molar-refractivity contribution in [3.05, 3.63) is 65.9 Å². The van der Waals surface area contributed by atoms with Gasteiger partial charge in [-0.3, -0.25) is 0 Å². The van der Waals surface area contributed by atoms with Crippen molar-refractivity contribution in [1.82, 2.24) is 4.98 Å². The zero-order chi connectivity index (χ0) is 16.6. The van der Waals surface area contributed by atoms with Crippen LogP contribution in [0.4, 0.5) is 10.1 Å². The van der Waals surface area contributed by atoms with E-state index in [9.17, 15) is 14.3 Å². The summed E-state index contributed by atoms with van der Waals surface area (Å²) in [6.45, 7) is 1.43. The molecule has 1 heterocycles. The predicted octanol–water partition coefficient (Wildman–Crippen LogP) is 3.75. The number of carbonyl (C=O) groups is 1. The molecular formula is C18H15FN2O2. The van der Waals surface area contributed by atoms with Crippen LogP contribution < -0.4 is 5.73 Å². The fraction of sp³-hybridized carbons (Fsp3) is 0.111. The quantitative estimate of drug-likeness (QED) is 0.885. The highest BCUT2D eigenvalue weighted by molar-refractivity contribution is 6.09. The Morgan fingerprint density at radius 2 is 2.04 bits per heavy atom. The van der Waals surface area contributed by atoms with Crippen molar-refractivity contribution in [2.24, 2.45) is 0 Å². The Bertz CT molecular complexity index is 895. The lowest BCUT2D eigenvalue weighted by atomic mass is 10.0. The summed E-state index contributed by atoms with van der Waals surface area (Å²) in [5.74, 6) is -1.12. The number of hydrogen-bond acceptors (Lipinski definition) is 3. The Hall–Kier alpha value is -2.95. The SMILES string of the molecule is CC1(F)C=CC=C(c2nc3ccccc3c(C(=O)O)c2N)C=C1. The molecular weight excluding hydrogens is 295 g/mol. The predicted molar refractivity (Wildman–Crippen MR) is 88.9 cm³/mol. The molecule has 0 bridgehead atoms. The van der Waals surface area contributed by atoms with Crippen molar-refractivity contribution in [2.45, 2.75) is 12.6 Å². The maximum Gasteiger partial charge on any atom is 0.338 e. The number of nitrogen functional groups attached to an aromatic ring is 1. The van der Waals surface area contributed by atoms with E-state index in [0.717, 1.165) is 0 Å². The number of halogens is 1. The first-order valence-corrected chi connectivity index (χ1v) is 7.08. The van der Waals surface area contributed by atoms with Gasteiger partial charge < -0.3 is 10.8 Å². The largest absolute Gasteiger partial charge is 0.478 e. The number of anilines is 1. The molecule has 23 heavy (non-hydrogen) atoms. The first-order valence-electron chi connectivity index (χ1n) is 7.08. The van der Waals surface area contributed by atoms with E-state index in [2.05, 4.69) is 4.98 Å². The van der Waals surface area contributed by atoms with Crippen LogP contribution in [0.5, 0.6) is 0 Å². The number of para-hydroxylation sites is 1. The molecule has 4 nitrogen and oxygen atoms in total. The highest BCUT2D eigenvalue weighted by Crippen LogP contribution is 2.32. The lowest BCUT2D eigenvalue weighted by molar-refractivity contribution is 0.0700. The van der Waals surface area contributed by atoms with E-state index in [1.165, 1.54) is 19.1 Å². The van der Waals surface area contributed by atoms with Crippen LogP contribution in [0.2, 0.25) is 0 Å². The van der Waals surface area contributed by atoms with E-state index in [1.807, 2.05) is 0 Å². The number of pyridine rings is 1. The second-order valence-corrected chi connectivity index (χ2v) is 5.54. The average molecular weight is 310 g/mol. The number of fused-ring (bicyclic) bond motifs is 1. The number of carboxylic acids is 1. The van der Waals surface area contributed by atoms with Crippen molar-refractivity contribution in [3.63, 3.8) is 0 Å². The smallest absolute Gasteiger partial charge is 0.338 e. The molecule has 1 aliphatic rings. The lowest BCUT2D eigenvalue weighted by Gasteiger charge is -2.12. The maximum absolute atomic E-state index is 14.0. The van der Waals surface area contributed by atoms with Crippen LogP contribution in [0.3, 0.4) is 0 Å². The Morgan fingerprint density at radius 3 is 2.78 bits per heavy atom. The van der Waals surface area contributed by atoms with E-state index >= 15 is 0 Å². The third-order valence-electron chi connectivity index (χ3n) is 3.70. The van der Waals surface area contributed by atoms with Crippen LogP contribution in [0.15, 0.2) is 54.6 Å². The van der Waals surface area contributed by atoms with Crippen LogP contribution in [0.25, 0.3) is 16.5 Å². The van der Waals surface area contributed by atoms with Crippen molar-refractivity contribution < 1.29 is 14.3 Å². The van der Waals surface area contributed by atoms with Gasteiger partial charge in [0.25, 0.3) is 0 Å². The third kappa shape index (κ3) is 2.73. The minimum Gasteiger partial charge on any atom is -0.478 e. The van der Waals surface area contributed by atoms with Gasteiger partial charge in [0, 0.05) is 11.0 Å². The molecule has 1 aromatic heterocycles. The van der Waals surface area contributed by atoms with Gasteiger partial charge in [-0.05, 0) is 25.1 Å². The topological polar surface area (TPSA) is 76.2 Å². The number of allylic oxidation sites excluding steroid dienone is 6. The molecule has 5 heteroatoms. The van der Waals surface area contributed by atoms with Crippen molar-refractivity contribution in [1.29, 1.82) is 0 Å². The summed E-state index contributed by atoms with van der Waals surface area (Å²) in [6, 6.07) is 6.90. The van der Waals surface area contributed by atoms with Gasteiger partial charge in [0.15, 0.2) is 0 Å². The normalized spacial score (nSPS) is 20.3. The molecule has 1 aliphatic carbocycles. The summed E-state index contributed by atoms with van der Waals surface area (Å²) in [5.41, 5.74) is 6.00. The number of aromatic nitrogens is 1. The number of nitrogens with two attached hydrogens (primary N) is 1. The number of benzene rings is 1. The molecule has 0 saturated heterocycles. The Labute approximate surface area is 132 Å². The first-order chi connectivity index (χ1) is 10.9. The first kappa shape index (κ1) is 15.0. The molecule has 3 N–H and O–H groups in total. The van der Waals surface area contributed by atoms with Gasteiger partial charge in [0.2, 0.25) is 0 Å². The van der Waals surface area contributed by atoms with E-state index in [1.54, 1.807) is 42.5 Å². The molecule has 0 radical (unpaired) electrons. The monoisotopic (exact) mass is 310 g/mol. The fourth-order valence-corrected chi connectivity index (χ4v) is 2.54. The zero-order valence-corrected chi connectivity index (χ0v) is 12.5. The molecule has 116 valence electrons. The maximum atomic E-state index is 14.0. The van der Waals surface area contributed by atoms with Crippen LogP contribution in [-0.2, 0) is 0 Å². The molecule has 0 aliphatic heterocycles. The number of aromatic carboxylic acids is 1. The van der Waals surface area contributed by atoms with Gasteiger partial charge in [-0.2, -0.15) is 0 Å². The molecule has 1 unspecified atom stereocenters. The van der Waals surface area contributed by atoms with E-state index in [-0.39, 0.29) is 11.3 Å². The summed E-state index contributed by atoms with van der Waals surface area (Å²) < 4.78 is 14.0. The third-order valence-corrected chi connectivity index (χ3v) is 3.70. The Balaban J connectivity index is 2.27. The summed E-state index contributed by atoms with van der Waals surface area (Å²) in [7, 11) is 0. The molecule has 0 spiro atoms. The van der Waals surface area contributed by atoms with Crippen LogP contribution >= 0.6 is 0 Å². The summed E-state index contributed by atoms with van der Waals surface area (Å²) in [5, 5.41) is 9.98. The van der Waals surface area contributed by atoms with E-state index in [4.69, 9.17) is 5.73 Å². The molecule has 3 rings (SSSR count). The Morgan fingerprint density at radius 1 is 1.30 bits per heavy atom. The molecule has 2 aromatic rings. The second kappa shape index (κ2) is 5.35. The van der Waals surface area contributed by atoms with Gasteiger partial charge in [-0.15, -0.1) is 0 Å². The Kier molecular flexibility index (Phi) is 3.48. The van der Waals surface area contributed by atoms with Crippen molar-refractivity contribution in [2.75, 3.05) is 5.73 Å². The van der Waals surface area contributed by atoms with Gasteiger partial charge in [-0.25, -0.2) is 14.2 Å². The minimum atomic E-state index is -1.57. The lowest BCUT2D eigenvalue weighted by Crippen LogP contribution is -2.09. The van der Waals surface area contributed by atoms with Gasteiger partial charge in [0.1, 0.15) is 5.67 Å². The van der Waals surface area contributed by atoms with Crippen LogP contribution in [-0.4, -0.2) is 21.7 Å². The summed E-state index contributed by atoms with van der Waals surface area (Å²) in [6.07, 6.45) is 7.61. The number of nitrogens with zero attached hydrogens (tertiary/aromatic N) is 1. The summed E-state index contributed by atoms with van der Waals surface area (Å²) in [4.78, 5) is 16.1. The fourth-order valence-electron chi connectivity index (χ4n) is 2.54. The van der Waals surface area contributed by atoms with E-state index < -0.39 is 11.6 Å². The number of carboxylic acid groups (broad SMARTS) is 1. The minimum absolute atomic E-state index is 0.0103. The van der Waals surface area contributed by atoms with Crippen molar-refractivity contribution in [3.8, 4) is 0 Å². The molecule has 0 saturated carbocycles. The van der Waals surface area contributed by atoms with Gasteiger partial charge >= 0.3 is 5.97 Å². The molecule has 0 fully saturated rings. The highest BCUT2D eigenvalue weighted by Gasteiger charge is 2.21. The van der Waals surface area contributed by atoms with Crippen LogP contribution in [0, 0.1) is 0 Å². The van der Waals surface area contributed by atoms with E-state index in [0.29, 0.717) is 22.2 Å². The number of rotatable bonds is 2. The average Bonchev–Trinajstić information content (AvgIpc) is 2.67. The number of hydrogen-bond donors (Lipinski definition) is 2. The standard InChI is InChI=1S/C18H15FN2O2/c1-18(19)9-4-5-11(8-10-18)16-15(20)14(17(22)23)12-6-2-3-7-13(12)21-16/h2-10H,20H2,1H3,(H,22,23). The molecule has 1 aromatic carbocycles. The van der Waals surface area contributed by atoms with Crippen LogP contribution in [0.1, 0.15) is 23.0 Å². The molecule has 0 amide bonds. The number of alkyl halides is 1. The van der Waals surface area contributed by atoms with Gasteiger partial charge in [-0.1, -0.05) is 36.4 Å². The molecule has 1 atom stereocenters.